The molecule has 17 heavy (non-hydrogen) atoms. The summed E-state index contributed by atoms with van der Waals surface area (Å²) in [6.45, 7) is 4.91. The van der Waals surface area contributed by atoms with Crippen molar-refractivity contribution in [2.45, 2.75) is 26.2 Å². The summed E-state index contributed by atoms with van der Waals surface area (Å²) in [6, 6.07) is 2.06. The van der Waals surface area contributed by atoms with Gasteiger partial charge in [-0.2, -0.15) is 0 Å². The Hall–Kier alpha value is -0.740. The SMILES string of the molecule is COc1c(Br)cc(C)c(C(C)CCN)c1OC. The highest BCUT2D eigenvalue weighted by Gasteiger charge is 2.20. The summed E-state index contributed by atoms with van der Waals surface area (Å²) in [5, 5.41) is 0. The Morgan fingerprint density at radius 2 is 1.88 bits per heavy atom. The predicted octanol–water partition coefficient (Wildman–Crippen LogP) is 3.23. The van der Waals surface area contributed by atoms with Crippen molar-refractivity contribution in [2.24, 2.45) is 5.73 Å². The summed E-state index contributed by atoms with van der Waals surface area (Å²) in [5.74, 6) is 1.91. The topological polar surface area (TPSA) is 44.5 Å². The van der Waals surface area contributed by atoms with Crippen LogP contribution in [0.2, 0.25) is 0 Å². The van der Waals surface area contributed by atoms with E-state index in [-0.39, 0.29) is 0 Å². The molecule has 1 aromatic rings. The molecule has 0 spiro atoms. The minimum Gasteiger partial charge on any atom is -0.493 e. The Labute approximate surface area is 111 Å². The predicted molar refractivity (Wildman–Crippen MR) is 74.1 cm³/mol. The van der Waals surface area contributed by atoms with Gasteiger partial charge in [-0.15, -0.1) is 0 Å². The summed E-state index contributed by atoms with van der Waals surface area (Å²) in [7, 11) is 3.32. The quantitative estimate of drug-likeness (QED) is 0.908. The zero-order valence-electron chi connectivity index (χ0n) is 10.8. The van der Waals surface area contributed by atoms with E-state index in [0.29, 0.717) is 12.5 Å². The van der Waals surface area contributed by atoms with Crippen LogP contribution in [0.3, 0.4) is 0 Å². The first-order chi connectivity index (χ1) is 8.06. The van der Waals surface area contributed by atoms with Crippen LogP contribution >= 0.6 is 15.9 Å². The molecule has 1 aromatic carbocycles. The minimum atomic E-state index is 0.358. The lowest BCUT2D eigenvalue weighted by atomic mass is 9.92. The van der Waals surface area contributed by atoms with Crippen molar-refractivity contribution in [3.63, 3.8) is 0 Å². The normalized spacial score (nSPS) is 12.4. The zero-order valence-corrected chi connectivity index (χ0v) is 12.4. The third-order valence-electron chi connectivity index (χ3n) is 2.94. The number of hydrogen-bond donors (Lipinski definition) is 1. The molecule has 1 rings (SSSR count). The van der Waals surface area contributed by atoms with E-state index >= 15 is 0 Å². The molecule has 0 fully saturated rings. The average molecular weight is 302 g/mol. The van der Waals surface area contributed by atoms with E-state index in [2.05, 4.69) is 35.8 Å². The molecular formula is C13H20BrNO2. The lowest BCUT2D eigenvalue weighted by Gasteiger charge is -2.21. The van der Waals surface area contributed by atoms with Gasteiger partial charge < -0.3 is 15.2 Å². The monoisotopic (exact) mass is 301 g/mol. The molecule has 2 N–H and O–H groups in total. The number of rotatable bonds is 5. The smallest absolute Gasteiger partial charge is 0.175 e. The number of halogens is 1. The van der Waals surface area contributed by atoms with Gasteiger partial charge in [-0.1, -0.05) is 6.92 Å². The molecule has 0 aromatic heterocycles. The summed E-state index contributed by atoms with van der Waals surface area (Å²) >= 11 is 3.49. The van der Waals surface area contributed by atoms with Crippen LogP contribution in [0.1, 0.15) is 30.4 Å². The first-order valence-corrected chi connectivity index (χ1v) is 6.47. The maximum absolute atomic E-state index is 5.63. The van der Waals surface area contributed by atoms with Crippen LogP contribution in [-0.4, -0.2) is 20.8 Å². The molecule has 4 heteroatoms. The first kappa shape index (κ1) is 14.3. The summed E-state index contributed by atoms with van der Waals surface area (Å²) in [4.78, 5) is 0. The van der Waals surface area contributed by atoms with Crippen LogP contribution in [0.5, 0.6) is 11.5 Å². The van der Waals surface area contributed by atoms with Crippen molar-refractivity contribution < 1.29 is 9.47 Å². The molecule has 0 aliphatic carbocycles. The second-order valence-electron chi connectivity index (χ2n) is 4.13. The summed E-state index contributed by atoms with van der Waals surface area (Å²) in [5.41, 5.74) is 8.00. The Morgan fingerprint density at radius 1 is 1.29 bits per heavy atom. The molecule has 0 amide bonds. The molecule has 0 saturated carbocycles. The van der Waals surface area contributed by atoms with Crippen molar-refractivity contribution in [1.82, 2.24) is 0 Å². The number of methoxy groups -OCH3 is 2. The van der Waals surface area contributed by atoms with Gasteiger partial charge in [0.25, 0.3) is 0 Å². The fourth-order valence-electron chi connectivity index (χ4n) is 2.14. The van der Waals surface area contributed by atoms with Crippen molar-refractivity contribution >= 4 is 15.9 Å². The molecule has 0 radical (unpaired) electrons. The van der Waals surface area contributed by atoms with Gasteiger partial charge in [-0.25, -0.2) is 0 Å². The van der Waals surface area contributed by atoms with Gasteiger partial charge in [-0.3, -0.25) is 0 Å². The third-order valence-corrected chi connectivity index (χ3v) is 3.53. The molecule has 0 aliphatic heterocycles. The highest BCUT2D eigenvalue weighted by Crippen LogP contribution is 2.43. The van der Waals surface area contributed by atoms with Crippen molar-refractivity contribution in [3.05, 3.63) is 21.7 Å². The van der Waals surface area contributed by atoms with Crippen LogP contribution in [0.15, 0.2) is 10.5 Å². The Kier molecular flexibility index (Phi) is 5.28. The van der Waals surface area contributed by atoms with Crippen LogP contribution in [0, 0.1) is 6.92 Å². The fourth-order valence-corrected chi connectivity index (χ4v) is 2.83. The fraction of sp³-hybridized carbons (Fsp3) is 0.538. The highest BCUT2D eigenvalue weighted by atomic mass is 79.9. The molecule has 1 unspecified atom stereocenters. The van der Waals surface area contributed by atoms with Crippen LogP contribution in [-0.2, 0) is 0 Å². The largest absolute Gasteiger partial charge is 0.493 e. The van der Waals surface area contributed by atoms with Gasteiger partial charge in [0.1, 0.15) is 0 Å². The Bertz CT molecular complexity index is 393. The highest BCUT2D eigenvalue weighted by molar-refractivity contribution is 9.10. The number of benzene rings is 1. The minimum absolute atomic E-state index is 0.358. The van der Waals surface area contributed by atoms with Gasteiger partial charge in [0.15, 0.2) is 11.5 Å². The Morgan fingerprint density at radius 3 is 2.35 bits per heavy atom. The third kappa shape index (κ3) is 2.93. The van der Waals surface area contributed by atoms with E-state index in [9.17, 15) is 0 Å². The van der Waals surface area contributed by atoms with Gasteiger partial charge in [0.2, 0.25) is 0 Å². The van der Waals surface area contributed by atoms with Crippen molar-refractivity contribution in [2.75, 3.05) is 20.8 Å². The van der Waals surface area contributed by atoms with Gasteiger partial charge in [0.05, 0.1) is 18.7 Å². The van der Waals surface area contributed by atoms with E-state index in [1.165, 1.54) is 11.1 Å². The lowest BCUT2D eigenvalue weighted by molar-refractivity contribution is 0.347. The van der Waals surface area contributed by atoms with E-state index in [1.54, 1.807) is 14.2 Å². The van der Waals surface area contributed by atoms with Gasteiger partial charge >= 0.3 is 0 Å². The van der Waals surface area contributed by atoms with E-state index in [1.807, 2.05) is 0 Å². The molecular weight excluding hydrogens is 282 g/mol. The zero-order chi connectivity index (χ0) is 13.0. The van der Waals surface area contributed by atoms with Crippen LogP contribution in [0.4, 0.5) is 0 Å². The van der Waals surface area contributed by atoms with Gasteiger partial charge in [-0.05, 0) is 53.4 Å². The van der Waals surface area contributed by atoms with E-state index in [4.69, 9.17) is 15.2 Å². The first-order valence-electron chi connectivity index (χ1n) is 5.67. The number of aryl methyl sites for hydroxylation is 1. The van der Waals surface area contributed by atoms with Crippen LogP contribution < -0.4 is 15.2 Å². The van der Waals surface area contributed by atoms with Crippen molar-refractivity contribution in [3.8, 4) is 11.5 Å². The molecule has 3 nitrogen and oxygen atoms in total. The second kappa shape index (κ2) is 6.26. The molecule has 0 saturated heterocycles. The number of nitrogens with two attached hydrogens (primary N) is 1. The summed E-state index contributed by atoms with van der Waals surface area (Å²) in [6.07, 6.45) is 0.933. The average Bonchev–Trinajstić information content (AvgIpc) is 2.28. The van der Waals surface area contributed by atoms with Crippen molar-refractivity contribution in [1.29, 1.82) is 0 Å². The maximum Gasteiger partial charge on any atom is 0.175 e. The molecule has 96 valence electrons. The van der Waals surface area contributed by atoms with Gasteiger partial charge in [0, 0.05) is 5.56 Å². The molecule has 0 bridgehead atoms. The van der Waals surface area contributed by atoms with Crippen LogP contribution in [0.25, 0.3) is 0 Å². The molecule has 0 heterocycles. The van der Waals surface area contributed by atoms with E-state index < -0.39 is 0 Å². The standard InChI is InChI=1S/C13H20BrNO2/c1-8(5-6-15)11-9(2)7-10(14)12(16-3)13(11)17-4/h7-8H,5-6,15H2,1-4H3. The summed E-state index contributed by atoms with van der Waals surface area (Å²) < 4.78 is 11.8. The lowest BCUT2D eigenvalue weighted by Crippen LogP contribution is -2.08. The van der Waals surface area contributed by atoms with E-state index in [0.717, 1.165) is 22.4 Å². The Balaban J connectivity index is 3.36. The maximum atomic E-state index is 5.63. The number of ether oxygens (including phenoxy) is 2. The second-order valence-corrected chi connectivity index (χ2v) is 4.99. The number of hydrogen-bond acceptors (Lipinski definition) is 3. The molecule has 1 atom stereocenters. The molecule has 0 aliphatic rings.